The molecule has 0 fully saturated rings. The monoisotopic (exact) mass is 592 g/mol. The highest BCUT2D eigenvalue weighted by atomic mass is 35.5. The maximum Gasteiger partial charge on any atom is 0.319 e. The Hall–Kier alpha value is -4.15. The number of halogens is 2. The van der Waals surface area contributed by atoms with E-state index in [1.165, 1.54) is 12.0 Å². The lowest BCUT2D eigenvalue weighted by atomic mass is 9.86. The summed E-state index contributed by atoms with van der Waals surface area (Å²) in [4.78, 5) is 43.8. The number of carbonyl (C=O) groups is 2. The second kappa shape index (κ2) is 9.74. The number of fused-ring (bicyclic) bond motifs is 4. The number of anilines is 2. The summed E-state index contributed by atoms with van der Waals surface area (Å²) in [6.07, 6.45) is 1.55. The summed E-state index contributed by atoms with van der Waals surface area (Å²) in [6, 6.07) is 10.3. The minimum atomic E-state index is -1.60. The molecule has 2 amide bonds. The third-order valence-corrected chi connectivity index (χ3v) is 7.78. The van der Waals surface area contributed by atoms with E-state index in [1.54, 1.807) is 36.5 Å². The number of nitrogens with one attached hydrogen (secondary N) is 1. The third kappa shape index (κ3) is 3.81. The van der Waals surface area contributed by atoms with Crippen molar-refractivity contribution in [2.45, 2.75) is 39.3 Å². The van der Waals surface area contributed by atoms with Crippen LogP contribution >= 0.6 is 23.2 Å². The van der Waals surface area contributed by atoms with Gasteiger partial charge in [-0.15, -0.1) is 0 Å². The summed E-state index contributed by atoms with van der Waals surface area (Å²) in [5.41, 5.74) is 1.73. The van der Waals surface area contributed by atoms with Gasteiger partial charge < -0.3 is 19.4 Å². The third-order valence-electron chi connectivity index (χ3n) is 7.31. The number of methoxy groups -OCH3 is 1. The Morgan fingerprint density at radius 3 is 2.51 bits per heavy atom. The van der Waals surface area contributed by atoms with Crippen LogP contribution in [0.25, 0.3) is 11.4 Å². The van der Waals surface area contributed by atoms with Crippen LogP contribution in [0.2, 0.25) is 10.0 Å². The lowest BCUT2D eigenvalue weighted by molar-refractivity contribution is -0.119. The Kier molecular flexibility index (Phi) is 6.43. The van der Waals surface area contributed by atoms with E-state index in [0.29, 0.717) is 50.7 Å². The van der Waals surface area contributed by atoms with E-state index in [-0.39, 0.29) is 23.6 Å². The van der Waals surface area contributed by atoms with Crippen LogP contribution in [0.4, 0.5) is 11.4 Å². The van der Waals surface area contributed by atoms with Crippen LogP contribution in [0.5, 0.6) is 11.9 Å². The average molecular weight is 593 g/mol. The van der Waals surface area contributed by atoms with Gasteiger partial charge in [0.1, 0.15) is 5.82 Å². The molecule has 2 aromatic carbocycles. The molecule has 1 unspecified atom stereocenters. The van der Waals surface area contributed by atoms with Crippen molar-refractivity contribution in [3.05, 3.63) is 75.2 Å². The minimum absolute atomic E-state index is 0.127. The lowest BCUT2D eigenvalue weighted by Gasteiger charge is -2.36. The number of rotatable bonds is 6. The molecule has 0 saturated heterocycles. The van der Waals surface area contributed by atoms with Crippen molar-refractivity contribution < 1.29 is 19.1 Å². The van der Waals surface area contributed by atoms with Crippen molar-refractivity contribution in [1.29, 1.82) is 0 Å². The fraction of sp³-hybridized carbons (Fsp3) is 0.276. The highest BCUT2D eigenvalue weighted by molar-refractivity contribution is 6.32. The van der Waals surface area contributed by atoms with Crippen LogP contribution in [0.3, 0.4) is 0 Å². The van der Waals surface area contributed by atoms with Gasteiger partial charge in [0.05, 0.1) is 30.7 Å². The van der Waals surface area contributed by atoms with Crippen molar-refractivity contribution in [3.8, 4) is 23.3 Å². The molecule has 41 heavy (non-hydrogen) atoms. The minimum Gasteiger partial charge on any atom is -0.480 e. The van der Waals surface area contributed by atoms with E-state index in [0.717, 1.165) is 5.56 Å². The van der Waals surface area contributed by atoms with Gasteiger partial charge in [-0.3, -0.25) is 14.5 Å². The molecule has 2 aromatic heterocycles. The topological polar surface area (TPSA) is 111 Å². The molecule has 2 aliphatic rings. The number of imidazole rings is 1. The summed E-state index contributed by atoms with van der Waals surface area (Å²) in [7, 11) is 1.48. The molecule has 0 aliphatic carbocycles. The molecule has 4 aromatic rings. The van der Waals surface area contributed by atoms with Crippen molar-refractivity contribution in [2.75, 3.05) is 23.9 Å². The van der Waals surface area contributed by atoms with E-state index < -0.39 is 17.4 Å². The molecular formula is C29H26Cl2N6O4. The van der Waals surface area contributed by atoms with Gasteiger partial charge in [-0.05, 0) is 57.5 Å². The molecule has 1 atom stereocenters. The van der Waals surface area contributed by atoms with Gasteiger partial charge >= 0.3 is 6.01 Å². The molecule has 10 nitrogen and oxygen atoms in total. The first-order chi connectivity index (χ1) is 19.6. The maximum atomic E-state index is 14.5. The first kappa shape index (κ1) is 27.0. The first-order valence-corrected chi connectivity index (χ1v) is 13.8. The lowest BCUT2D eigenvalue weighted by Crippen LogP contribution is -2.51. The molecule has 0 radical (unpaired) electrons. The zero-order chi connectivity index (χ0) is 29.2. The standard InChI is InChI=1S/C29H26Cl2N6O4/c1-6-41-28-32-13-18(25(35-28)40-5)24-34-22-23(36(24)14(2)3)29(19-10-9-16(30)11-20(19)33-27(29)39)37(26(22)38)21-12-17(31)8-7-15(21)4/h7-14H,6H2,1-5H3,(H,33,39). The van der Waals surface area contributed by atoms with Gasteiger partial charge in [-0.1, -0.05) is 35.3 Å². The second-order valence-electron chi connectivity index (χ2n) is 10.0. The Labute approximate surface area is 246 Å². The molecule has 4 heterocycles. The van der Waals surface area contributed by atoms with E-state index in [4.69, 9.17) is 37.7 Å². The van der Waals surface area contributed by atoms with Gasteiger partial charge in [-0.25, -0.2) is 9.97 Å². The largest absolute Gasteiger partial charge is 0.480 e. The van der Waals surface area contributed by atoms with E-state index in [2.05, 4.69) is 15.3 Å². The van der Waals surface area contributed by atoms with Crippen LogP contribution in [0.1, 0.15) is 54.1 Å². The Bertz CT molecular complexity index is 1750. The summed E-state index contributed by atoms with van der Waals surface area (Å²) in [6.45, 7) is 7.98. The molecule has 12 heteroatoms. The summed E-state index contributed by atoms with van der Waals surface area (Å²) in [5.74, 6) is -0.254. The van der Waals surface area contributed by atoms with Crippen LogP contribution in [0.15, 0.2) is 42.6 Å². The smallest absolute Gasteiger partial charge is 0.319 e. The van der Waals surface area contributed by atoms with Crippen LogP contribution in [-0.4, -0.2) is 45.1 Å². The van der Waals surface area contributed by atoms with Gasteiger partial charge in [0, 0.05) is 33.5 Å². The fourth-order valence-corrected chi connectivity index (χ4v) is 6.02. The number of benzene rings is 2. The van der Waals surface area contributed by atoms with Crippen LogP contribution in [-0.2, 0) is 10.3 Å². The number of carbonyl (C=O) groups excluding carboxylic acids is 2. The highest BCUT2D eigenvalue weighted by Gasteiger charge is 2.64. The predicted molar refractivity (Wildman–Crippen MR) is 155 cm³/mol. The van der Waals surface area contributed by atoms with Crippen LogP contribution < -0.4 is 19.7 Å². The zero-order valence-electron chi connectivity index (χ0n) is 23.0. The number of aryl methyl sites for hydroxylation is 1. The van der Waals surface area contributed by atoms with Gasteiger partial charge in [-0.2, -0.15) is 4.98 Å². The van der Waals surface area contributed by atoms with Gasteiger partial charge in [0.15, 0.2) is 11.2 Å². The number of ether oxygens (including phenoxy) is 2. The molecule has 2 aliphatic heterocycles. The van der Waals surface area contributed by atoms with Gasteiger partial charge in [0.25, 0.3) is 11.8 Å². The normalized spacial score (nSPS) is 17.3. The van der Waals surface area contributed by atoms with Crippen LogP contribution in [0, 0.1) is 6.92 Å². The highest BCUT2D eigenvalue weighted by Crippen LogP contribution is 2.55. The Balaban J connectivity index is 1.70. The first-order valence-electron chi connectivity index (χ1n) is 13.0. The van der Waals surface area contributed by atoms with Crippen molar-refractivity contribution in [1.82, 2.24) is 19.5 Å². The zero-order valence-corrected chi connectivity index (χ0v) is 24.5. The quantitative estimate of drug-likeness (QED) is 0.301. The summed E-state index contributed by atoms with van der Waals surface area (Å²) in [5, 5.41) is 3.85. The molecular weight excluding hydrogens is 567 g/mol. The number of aromatic nitrogens is 4. The number of nitrogens with zero attached hydrogens (tertiary/aromatic N) is 5. The maximum absolute atomic E-state index is 14.5. The summed E-state index contributed by atoms with van der Waals surface area (Å²) < 4.78 is 12.9. The Morgan fingerprint density at radius 2 is 1.80 bits per heavy atom. The summed E-state index contributed by atoms with van der Waals surface area (Å²) >= 11 is 12.7. The second-order valence-corrected chi connectivity index (χ2v) is 10.9. The molecule has 0 saturated carbocycles. The number of hydrogen-bond donors (Lipinski definition) is 1. The van der Waals surface area contributed by atoms with Crippen molar-refractivity contribution in [3.63, 3.8) is 0 Å². The van der Waals surface area contributed by atoms with Crippen molar-refractivity contribution in [2.24, 2.45) is 0 Å². The molecule has 0 bridgehead atoms. The van der Waals surface area contributed by atoms with Gasteiger partial charge in [0.2, 0.25) is 5.88 Å². The molecule has 1 N–H and O–H groups in total. The predicted octanol–water partition coefficient (Wildman–Crippen LogP) is 5.80. The van der Waals surface area contributed by atoms with E-state index >= 15 is 0 Å². The molecule has 6 rings (SSSR count). The van der Waals surface area contributed by atoms with E-state index in [9.17, 15) is 9.59 Å². The fourth-order valence-electron chi connectivity index (χ4n) is 5.68. The Morgan fingerprint density at radius 1 is 1.07 bits per heavy atom. The number of amides is 2. The molecule has 1 spiro atoms. The SMILES string of the molecule is CCOc1ncc(-c2nc3c(n2C(C)C)C2(C(=O)Nc4cc(Cl)ccc42)N(c2cc(Cl)ccc2C)C3=O)c(OC)n1. The average Bonchev–Trinajstić information content (AvgIpc) is 3.54. The number of hydrogen-bond acceptors (Lipinski definition) is 7. The van der Waals surface area contributed by atoms with Crippen molar-refractivity contribution >= 4 is 46.4 Å². The molecule has 210 valence electrons. The van der Waals surface area contributed by atoms with E-state index in [1.807, 2.05) is 38.3 Å².